The van der Waals surface area contributed by atoms with Gasteiger partial charge in [-0.2, -0.15) is 0 Å². The van der Waals surface area contributed by atoms with Crippen molar-refractivity contribution in [1.82, 2.24) is 0 Å². The van der Waals surface area contributed by atoms with Crippen molar-refractivity contribution in [3.63, 3.8) is 0 Å². The average Bonchev–Trinajstić information content (AvgIpc) is 1.63. The Morgan fingerprint density at radius 3 is 2.44 bits per heavy atom. The molecule has 0 fully saturated rings. The van der Waals surface area contributed by atoms with Gasteiger partial charge in [0.1, 0.15) is 5.84 Å². The van der Waals surface area contributed by atoms with Gasteiger partial charge < -0.3 is 5.73 Å². The molecule has 0 aliphatic carbocycles. The largest absolute Gasteiger partial charge is 0.385 e. The molecule has 0 heterocycles. The van der Waals surface area contributed by atoms with Gasteiger partial charge in [-0.1, -0.05) is 0 Å². The maximum Gasteiger partial charge on any atom is 0.296 e. The van der Waals surface area contributed by atoms with Crippen LogP contribution in [-0.2, 0) is 4.84 Å². The smallest absolute Gasteiger partial charge is 0.296 e. The lowest BCUT2D eigenvalue weighted by molar-refractivity contribution is -0.763. The molecule has 7 nitrogen and oxygen atoms in total. The molecule has 0 aliphatic heterocycles. The van der Waals surface area contributed by atoms with E-state index in [2.05, 4.69) is 4.84 Å². The second-order valence-electron chi connectivity index (χ2n) is 1.20. The Morgan fingerprint density at radius 2 is 2.33 bits per heavy atom. The Morgan fingerprint density at radius 1 is 1.89 bits per heavy atom. The van der Waals surface area contributed by atoms with Gasteiger partial charge in [-0.15, -0.1) is 10.1 Å². The summed E-state index contributed by atoms with van der Waals surface area (Å²) in [4.78, 5) is 13.1. The molecule has 0 aromatic heterocycles. The molecule has 0 aliphatic rings. The highest BCUT2D eigenvalue weighted by atomic mass is 17.0. The van der Waals surface area contributed by atoms with Crippen molar-refractivity contribution in [2.45, 2.75) is 6.23 Å². The molecular weight excluding hydrogens is 128 g/mol. The van der Waals surface area contributed by atoms with Crippen LogP contribution in [0, 0.1) is 15.5 Å². The van der Waals surface area contributed by atoms with E-state index in [4.69, 9.17) is 16.9 Å². The molecule has 1 unspecified atom stereocenters. The summed E-state index contributed by atoms with van der Waals surface area (Å²) in [5.74, 6) is -0.577. The predicted molar refractivity (Wildman–Crippen MR) is 28.0 cm³/mol. The number of amidine groups is 1. The second kappa shape index (κ2) is 2.82. The zero-order valence-electron chi connectivity index (χ0n) is 4.40. The topological polar surface area (TPSA) is 128 Å². The Kier molecular flexibility index (Phi) is 2.39. The standard InChI is InChI=1S/C2H6N4O3/c3-1(4)2(5)9-6(7)8/h2H,5H2,(H3,3,4). The molecule has 0 rings (SSSR count). The molecule has 1 atom stereocenters. The number of nitrogens with two attached hydrogens (primary N) is 2. The molecule has 7 heteroatoms. The predicted octanol–water partition coefficient (Wildman–Crippen LogP) is -1.58. The summed E-state index contributed by atoms with van der Waals surface area (Å²) in [6.45, 7) is 0. The zero-order chi connectivity index (χ0) is 7.44. The monoisotopic (exact) mass is 134 g/mol. The number of nitrogens with one attached hydrogen (secondary N) is 1. The molecule has 9 heavy (non-hydrogen) atoms. The minimum atomic E-state index is -1.44. The fourth-order valence-electron chi connectivity index (χ4n) is 0.150. The summed E-state index contributed by atoms with van der Waals surface area (Å²) >= 11 is 0. The van der Waals surface area contributed by atoms with E-state index >= 15 is 0 Å². The molecule has 5 N–H and O–H groups in total. The van der Waals surface area contributed by atoms with E-state index in [1.165, 1.54) is 0 Å². The average molecular weight is 134 g/mol. The van der Waals surface area contributed by atoms with Gasteiger partial charge in [-0.05, 0) is 0 Å². The third-order valence-electron chi connectivity index (χ3n) is 0.506. The summed E-state index contributed by atoms with van der Waals surface area (Å²) in [5, 5.41) is 14.9. The molecule has 0 amide bonds. The Bertz CT molecular complexity index is 134. The Balaban J connectivity index is 3.63. The first kappa shape index (κ1) is 7.63. The fraction of sp³-hybridized carbons (Fsp3) is 0.500. The van der Waals surface area contributed by atoms with Crippen LogP contribution in [0.25, 0.3) is 0 Å². The number of nitrogens with zero attached hydrogens (tertiary/aromatic N) is 1. The van der Waals surface area contributed by atoms with Crippen molar-refractivity contribution in [2.75, 3.05) is 0 Å². The quantitative estimate of drug-likeness (QED) is 0.141. The van der Waals surface area contributed by atoms with Crippen LogP contribution in [0.1, 0.15) is 0 Å². The van der Waals surface area contributed by atoms with E-state index < -0.39 is 17.2 Å². The van der Waals surface area contributed by atoms with E-state index in [9.17, 15) is 10.1 Å². The molecule has 0 saturated heterocycles. The van der Waals surface area contributed by atoms with Gasteiger partial charge in [0.2, 0.25) is 6.23 Å². The lowest BCUT2D eigenvalue weighted by atomic mass is 10.6. The van der Waals surface area contributed by atoms with Crippen LogP contribution in [0.5, 0.6) is 0 Å². The van der Waals surface area contributed by atoms with Gasteiger partial charge in [-0.25, -0.2) is 0 Å². The van der Waals surface area contributed by atoms with E-state index in [1.807, 2.05) is 0 Å². The first-order chi connectivity index (χ1) is 4.04. The number of hydrogen-bond acceptors (Lipinski definition) is 5. The van der Waals surface area contributed by atoms with Crippen LogP contribution in [0.2, 0.25) is 0 Å². The van der Waals surface area contributed by atoms with Crippen molar-refractivity contribution in [2.24, 2.45) is 11.5 Å². The van der Waals surface area contributed by atoms with Gasteiger partial charge in [0.15, 0.2) is 0 Å². The van der Waals surface area contributed by atoms with Crippen molar-refractivity contribution < 1.29 is 9.92 Å². The molecular formula is C2H6N4O3. The van der Waals surface area contributed by atoms with Crippen LogP contribution in [0.4, 0.5) is 0 Å². The normalized spacial score (nSPS) is 12.1. The molecule has 0 bridgehead atoms. The fourth-order valence-corrected chi connectivity index (χ4v) is 0.150. The summed E-state index contributed by atoms with van der Waals surface area (Å²) < 4.78 is 0. The van der Waals surface area contributed by atoms with Crippen molar-refractivity contribution in [1.29, 1.82) is 5.41 Å². The summed E-state index contributed by atoms with van der Waals surface area (Å²) in [6.07, 6.45) is -1.44. The highest BCUT2D eigenvalue weighted by Gasteiger charge is 2.08. The summed E-state index contributed by atoms with van der Waals surface area (Å²) in [5.41, 5.74) is 9.52. The first-order valence-corrected chi connectivity index (χ1v) is 1.94. The van der Waals surface area contributed by atoms with Gasteiger partial charge in [-0.3, -0.25) is 16.0 Å². The number of hydrogen-bond donors (Lipinski definition) is 3. The van der Waals surface area contributed by atoms with Crippen molar-refractivity contribution >= 4 is 5.84 Å². The zero-order valence-corrected chi connectivity index (χ0v) is 4.40. The van der Waals surface area contributed by atoms with Gasteiger partial charge in [0.05, 0.1) is 0 Å². The van der Waals surface area contributed by atoms with Crippen molar-refractivity contribution in [3.05, 3.63) is 10.1 Å². The lowest BCUT2D eigenvalue weighted by Crippen LogP contribution is -2.39. The first-order valence-electron chi connectivity index (χ1n) is 1.94. The maximum absolute atomic E-state index is 9.47. The molecule has 0 radical (unpaired) electrons. The molecule has 0 aromatic carbocycles. The van der Waals surface area contributed by atoms with Crippen LogP contribution >= 0.6 is 0 Å². The van der Waals surface area contributed by atoms with E-state index in [0.717, 1.165) is 0 Å². The number of rotatable bonds is 3. The molecule has 0 spiro atoms. The van der Waals surface area contributed by atoms with E-state index in [0.29, 0.717) is 0 Å². The third kappa shape index (κ3) is 3.23. The minimum absolute atomic E-state index is 0.577. The minimum Gasteiger partial charge on any atom is -0.385 e. The lowest BCUT2D eigenvalue weighted by Gasteiger charge is -2.04. The Labute approximate surface area is 50.2 Å². The Hall–Kier alpha value is -1.37. The van der Waals surface area contributed by atoms with Gasteiger partial charge in [0.25, 0.3) is 5.09 Å². The van der Waals surface area contributed by atoms with E-state index in [-0.39, 0.29) is 0 Å². The second-order valence-corrected chi connectivity index (χ2v) is 1.20. The van der Waals surface area contributed by atoms with Crippen molar-refractivity contribution in [3.8, 4) is 0 Å². The molecule has 52 valence electrons. The highest BCUT2D eigenvalue weighted by Crippen LogP contribution is 1.79. The third-order valence-corrected chi connectivity index (χ3v) is 0.506. The van der Waals surface area contributed by atoms with Crippen LogP contribution in [-0.4, -0.2) is 17.2 Å². The highest BCUT2D eigenvalue weighted by molar-refractivity contribution is 5.80. The summed E-state index contributed by atoms with van der Waals surface area (Å²) in [7, 11) is 0. The maximum atomic E-state index is 9.47. The van der Waals surface area contributed by atoms with E-state index in [1.54, 1.807) is 0 Å². The van der Waals surface area contributed by atoms with Gasteiger partial charge >= 0.3 is 0 Å². The van der Waals surface area contributed by atoms with Crippen LogP contribution in [0.3, 0.4) is 0 Å². The van der Waals surface area contributed by atoms with Crippen LogP contribution < -0.4 is 11.5 Å². The van der Waals surface area contributed by atoms with Gasteiger partial charge in [0, 0.05) is 0 Å². The summed E-state index contributed by atoms with van der Waals surface area (Å²) in [6, 6.07) is 0. The SMILES string of the molecule is N=C(N)C(N)O[N+](=O)[O-]. The van der Waals surface area contributed by atoms with Crippen LogP contribution in [0.15, 0.2) is 0 Å². The molecule has 0 saturated carbocycles. The molecule has 0 aromatic rings.